The van der Waals surface area contributed by atoms with Crippen LogP contribution in [0.2, 0.25) is 0 Å². The fourth-order valence-electron chi connectivity index (χ4n) is 3.29. The molecule has 0 unspecified atom stereocenters. The van der Waals surface area contributed by atoms with Crippen LogP contribution < -0.4 is 5.73 Å². The second-order valence-corrected chi connectivity index (χ2v) is 6.43. The molecule has 0 aliphatic heterocycles. The van der Waals surface area contributed by atoms with Crippen LogP contribution in [-0.4, -0.2) is 0 Å². The fourth-order valence-corrected chi connectivity index (χ4v) is 3.29. The van der Waals surface area contributed by atoms with E-state index in [0.717, 1.165) is 11.5 Å². The van der Waals surface area contributed by atoms with E-state index in [0.29, 0.717) is 11.5 Å². The highest BCUT2D eigenvalue weighted by Gasteiger charge is 2.19. The Hall–Kier alpha value is -1.90. The van der Waals surface area contributed by atoms with Crippen molar-refractivity contribution in [3.63, 3.8) is 0 Å². The minimum absolute atomic E-state index is 0.420. The largest absolute Gasteiger partial charge is 0.394 e. The monoisotopic (exact) mass is 301 g/mol. The zero-order valence-electron chi connectivity index (χ0n) is 12.8. The highest BCUT2D eigenvalue weighted by atomic mass is 19.1. The van der Waals surface area contributed by atoms with Gasteiger partial charge in [-0.1, -0.05) is 44.0 Å². The van der Waals surface area contributed by atoms with Gasteiger partial charge in [-0.05, 0) is 53.5 Å². The summed E-state index contributed by atoms with van der Waals surface area (Å²) >= 11 is 0. The van der Waals surface area contributed by atoms with Crippen molar-refractivity contribution in [1.29, 1.82) is 0 Å². The molecular formula is C19H21F2N. The van der Waals surface area contributed by atoms with E-state index in [1.807, 2.05) is 12.1 Å². The van der Waals surface area contributed by atoms with Crippen LogP contribution in [-0.2, 0) is 0 Å². The van der Waals surface area contributed by atoms with Crippen molar-refractivity contribution in [2.45, 2.75) is 38.5 Å². The lowest BCUT2D eigenvalue weighted by molar-refractivity contribution is 0.348. The molecular weight excluding hydrogens is 280 g/mol. The number of anilines is 1. The number of hydrogen-bond donors (Lipinski definition) is 1. The minimum atomic E-state index is -0.708. The van der Waals surface area contributed by atoms with Crippen LogP contribution in [0.3, 0.4) is 0 Å². The maximum atomic E-state index is 13.6. The van der Waals surface area contributed by atoms with Crippen molar-refractivity contribution in [1.82, 2.24) is 0 Å². The van der Waals surface area contributed by atoms with Gasteiger partial charge >= 0.3 is 0 Å². The summed E-state index contributed by atoms with van der Waals surface area (Å²) < 4.78 is 27.1. The summed E-state index contributed by atoms with van der Waals surface area (Å²) in [6.45, 7) is 2.31. The summed E-state index contributed by atoms with van der Waals surface area (Å²) in [6.07, 6.45) is 5.01. The van der Waals surface area contributed by atoms with Crippen molar-refractivity contribution in [2.75, 3.05) is 5.73 Å². The first-order valence-corrected chi connectivity index (χ1v) is 7.89. The molecule has 0 amide bonds. The van der Waals surface area contributed by atoms with Gasteiger partial charge in [0.15, 0.2) is 0 Å². The van der Waals surface area contributed by atoms with E-state index in [-0.39, 0.29) is 0 Å². The molecule has 0 saturated heterocycles. The van der Waals surface area contributed by atoms with Gasteiger partial charge in [-0.3, -0.25) is 0 Å². The highest BCUT2D eigenvalue weighted by molar-refractivity contribution is 5.66. The molecule has 2 N–H and O–H groups in total. The quantitative estimate of drug-likeness (QED) is 0.727. The SMILES string of the molecule is CC1CCC(c2ccc(-c3cc(F)c(N)c(F)c3)cc2)CC1. The van der Waals surface area contributed by atoms with E-state index < -0.39 is 17.3 Å². The molecule has 2 aromatic rings. The number of rotatable bonds is 2. The van der Waals surface area contributed by atoms with E-state index in [1.54, 1.807) is 0 Å². The van der Waals surface area contributed by atoms with Gasteiger partial charge in [0.05, 0.1) is 0 Å². The third-order valence-electron chi connectivity index (χ3n) is 4.81. The molecule has 1 fully saturated rings. The van der Waals surface area contributed by atoms with E-state index >= 15 is 0 Å². The van der Waals surface area contributed by atoms with Gasteiger partial charge in [0.25, 0.3) is 0 Å². The van der Waals surface area contributed by atoms with Gasteiger partial charge in [-0.25, -0.2) is 8.78 Å². The molecule has 1 saturated carbocycles. The smallest absolute Gasteiger partial charge is 0.149 e. The summed E-state index contributed by atoms with van der Waals surface area (Å²) in [5, 5.41) is 0. The van der Waals surface area contributed by atoms with E-state index in [4.69, 9.17) is 5.73 Å². The molecule has 116 valence electrons. The van der Waals surface area contributed by atoms with Crippen molar-refractivity contribution >= 4 is 5.69 Å². The van der Waals surface area contributed by atoms with E-state index in [9.17, 15) is 8.78 Å². The average molecular weight is 301 g/mol. The number of halogens is 2. The zero-order valence-corrected chi connectivity index (χ0v) is 12.8. The minimum Gasteiger partial charge on any atom is -0.394 e. The van der Waals surface area contributed by atoms with Crippen LogP contribution in [0, 0.1) is 17.6 Å². The van der Waals surface area contributed by atoms with Crippen molar-refractivity contribution in [3.05, 3.63) is 53.6 Å². The Morgan fingerprint density at radius 3 is 1.95 bits per heavy atom. The van der Waals surface area contributed by atoms with E-state index in [1.165, 1.54) is 43.4 Å². The number of hydrogen-bond acceptors (Lipinski definition) is 1. The van der Waals surface area contributed by atoms with Crippen molar-refractivity contribution in [3.8, 4) is 11.1 Å². The van der Waals surface area contributed by atoms with Crippen molar-refractivity contribution < 1.29 is 8.78 Å². The number of nitrogens with two attached hydrogens (primary N) is 1. The van der Waals surface area contributed by atoms with Crippen LogP contribution in [0.15, 0.2) is 36.4 Å². The Balaban J connectivity index is 1.82. The summed E-state index contributed by atoms with van der Waals surface area (Å²) in [6, 6.07) is 10.6. The summed E-state index contributed by atoms with van der Waals surface area (Å²) in [4.78, 5) is 0. The molecule has 2 aromatic carbocycles. The van der Waals surface area contributed by atoms with Crippen molar-refractivity contribution in [2.24, 2.45) is 5.92 Å². The predicted molar refractivity (Wildman–Crippen MR) is 86.6 cm³/mol. The Kier molecular flexibility index (Phi) is 4.14. The fraction of sp³-hybridized carbons (Fsp3) is 0.368. The molecule has 1 aliphatic rings. The molecule has 1 nitrogen and oxygen atoms in total. The lowest BCUT2D eigenvalue weighted by Crippen LogP contribution is -2.10. The van der Waals surface area contributed by atoms with Crippen LogP contribution in [0.25, 0.3) is 11.1 Å². The van der Waals surface area contributed by atoms with E-state index in [2.05, 4.69) is 19.1 Å². The lowest BCUT2D eigenvalue weighted by Gasteiger charge is -2.26. The summed E-state index contributed by atoms with van der Waals surface area (Å²) in [7, 11) is 0. The summed E-state index contributed by atoms with van der Waals surface area (Å²) in [5.74, 6) is 0.0297. The standard InChI is InChI=1S/C19H21F2N/c1-12-2-4-13(5-3-12)14-6-8-15(9-7-14)16-10-17(20)19(22)18(21)11-16/h6-13H,2-5,22H2,1H3. The third-order valence-corrected chi connectivity index (χ3v) is 4.81. The second kappa shape index (κ2) is 6.07. The molecule has 0 heterocycles. The maximum Gasteiger partial charge on any atom is 0.149 e. The lowest BCUT2D eigenvalue weighted by atomic mass is 9.79. The van der Waals surface area contributed by atoms with Gasteiger partial charge in [-0.2, -0.15) is 0 Å². The van der Waals surface area contributed by atoms with Crippen LogP contribution in [0.5, 0.6) is 0 Å². The Morgan fingerprint density at radius 1 is 0.864 bits per heavy atom. The van der Waals surface area contributed by atoms with Gasteiger partial charge < -0.3 is 5.73 Å². The molecule has 22 heavy (non-hydrogen) atoms. The summed E-state index contributed by atoms with van der Waals surface area (Å²) in [5.41, 5.74) is 7.55. The Bertz CT molecular complexity index is 633. The Morgan fingerprint density at radius 2 is 1.41 bits per heavy atom. The van der Waals surface area contributed by atoms with Gasteiger partial charge in [0, 0.05) is 0 Å². The number of nitrogen functional groups attached to an aromatic ring is 1. The maximum absolute atomic E-state index is 13.6. The zero-order chi connectivity index (χ0) is 15.7. The van der Waals surface area contributed by atoms with Crippen LogP contribution >= 0.6 is 0 Å². The van der Waals surface area contributed by atoms with Gasteiger partial charge in [0.1, 0.15) is 17.3 Å². The second-order valence-electron chi connectivity index (χ2n) is 6.43. The molecule has 0 radical (unpaired) electrons. The normalized spacial score (nSPS) is 21.8. The average Bonchev–Trinajstić information content (AvgIpc) is 2.53. The highest BCUT2D eigenvalue weighted by Crippen LogP contribution is 2.36. The number of benzene rings is 2. The molecule has 0 bridgehead atoms. The molecule has 3 rings (SSSR count). The molecule has 3 heteroatoms. The molecule has 0 spiro atoms. The molecule has 0 atom stereocenters. The molecule has 1 aliphatic carbocycles. The first-order chi connectivity index (χ1) is 10.5. The first kappa shape index (κ1) is 15.0. The molecule has 0 aromatic heterocycles. The predicted octanol–water partition coefficient (Wildman–Crippen LogP) is 5.51. The van der Waals surface area contributed by atoms with Crippen LogP contribution in [0.1, 0.15) is 44.1 Å². The Labute approximate surface area is 130 Å². The van der Waals surface area contributed by atoms with Crippen LogP contribution in [0.4, 0.5) is 14.5 Å². The van der Waals surface area contributed by atoms with Gasteiger partial charge in [-0.15, -0.1) is 0 Å². The topological polar surface area (TPSA) is 26.0 Å². The third kappa shape index (κ3) is 2.99. The first-order valence-electron chi connectivity index (χ1n) is 7.89. The van der Waals surface area contributed by atoms with Gasteiger partial charge in [0.2, 0.25) is 0 Å².